The number of rotatable bonds is 5. The molecule has 5 heteroatoms. The predicted molar refractivity (Wildman–Crippen MR) is 81.0 cm³/mol. The highest BCUT2D eigenvalue weighted by atomic mass is 16.3. The molecule has 2 N–H and O–H groups in total. The minimum absolute atomic E-state index is 0.0738. The van der Waals surface area contributed by atoms with E-state index in [4.69, 9.17) is 4.42 Å². The van der Waals surface area contributed by atoms with Gasteiger partial charge in [-0.05, 0) is 57.5 Å². The molecule has 1 aromatic rings. The van der Waals surface area contributed by atoms with Crippen LogP contribution >= 0.6 is 0 Å². The molecule has 0 aromatic carbocycles. The maximum Gasteiger partial charge on any atom is 0.237 e. The number of nitrogens with zero attached hydrogens (tertiary/aromatic N) is 1. The summed E-state index contributed by atoms with van der Waals surface area (Å²) in [6.45, 7) is 3.88. The first-order chi connectivity index (χ1) is 10.3. The zero-order chi connectivity index (χ0) is 14.5. The van der Waals surface area contributed by atoms with Gasteiger partial charge in [0, 0.05) is 19.0 Å². The van der Waals surface area contributed by atoms with Gasteiger partial charge in [-0.25, -0.2) is 0 Å². The van der Waals surface area contributed by atoms with Crippen molar-refractivity contribution in [2.24, 2.45) is 0 Å². The molecule has 1 atom stereocenters. The Bertz CT molecular complexity index is 440. The van der Waals surface area contributed by atoms with E-state index >= 15 is 0 Å². The molecule has 3 rings (SSSR count). The first kappa shape index (κ1) is 14.6. The van der Waals surface area contributed by atoms with Crippen molar-refractivity contribution in [2.45, 2.75) is 44.2 Å². The molecule has 3 heterocycles. The van der Waals surface area contributed by atoms with E-state index in [1.165, 1.54) is 0 Å². The van der Waals surface area contributed by atoms with Crippen LogP contribution in [0.5, 0.6) is 0 Å². The number of piperidine rings is 1. The Morgan fingerprint density at radius 1 is 1.38 bits per heavy atom. The van der Waals surface area contributed by atoms with Crippen LogP contribution in [0.15, 0.2) is 22.8 Å². The van der Waals surface area contributed by atoms with Crippen LogP contribution in [0.1, 0.15) is 31.4 Å². The fraction of sp³-hybridized carbons (Fsp3) is 0.688. The number of amides is 1. The van der Waals surface area contributed by atoms with Gasteiger partial charge in [-0.1, -0.05) is 0 Å². The highest BCUT2D eigenvalue weighted by Crippen LogP contribution is 2.24. The van der Waals surface area contributed by atoms with Crippen molar-refractivity contribution >= 4 is 5.91 Å². The van der Waals surface area contributed by atoms with Gasteiger partial charge in [-0.3, -0.25) is 9.69 Å². The topological polar surface area (TPSA) is 57.5 Å². The van der Waals surface area contributed by atoms with Gasteiger partial charge in [0.1, 0.15) is 5.76 Å². The Balaban J connectivity index is 1.48. The lowest BCUT2D eigenvalue weighted by Crippen LogP contribution is -2.50. The van der Waals surface area contributed by atoms with Gasteiger partial charge < -0.3 is 15.1 Å². The van der Waals surface area contributed by atoms with Gasteiger partial charge in [-0.2, -0.15) is 0 Å². The summed E-state index contributed by atoms with van der Waals surface area (Å²) < 4.78 is 5.29. The summed E-state index contributed by atoms with van der Waals surface area (Å²) in [5, 5.41) is 6.47. The van der Waals surface area contributed by atoms with E-state index in [9.17, 15) is 4.79 Å². The van der Waals surface area contributed by atoms with Gasteiger partial charge in [0.15, 0.2) is 0 Å². The predicted octanol–water partition coefficient (Wildman–Crippen LogP) is 1.15. The Labute approximate surface area is 126 Å². The van der Waals surface area contributed by atoms with Crippen LogP contribution in [0.4, 0.5) is 0 Å². The molecule has 2 aliphatic rings. The lowest BCUT2D eigenvalue weighted by Gasteiger charge is -2.35. The molecular formula is C16H25N3O2. The molecular weight excluding hydrogens is 266 g/mol. The lowest BCUT2D eigenvalue weighted by atomic mass is 10.0. The smallest absolute Gasteiger partial charge is 0.237 e. The Kier molecular flexibility index (Phi) is 4.93. The van der Waals surface area contributed by atoms with Crippen LogP contribution in [-0.2, 0) is 11.2 Å². The van der Waals surface area contributed by atoms with E-state index < -0.39 is 0 Å². The van der Waals surface area contributed by atoms with Gasteiger partial charge >= 0.3 is 0 Å². The van der Waals surface area contributed by atoms with Crippen LogP contribution in [0, 0.1) is 0 Å². The largest absolute Gasteiger partial charge is 0.469 e. The van der Waals surface area contributed by atoms with Crippen LogP contribution < -0.4 is 10.6 Å². The zero-order valence-electron chi connectivity index (χ0n) is 12.5. The average Bonchev–Trinajstić information content (AvgIpc) is 3.19. The lowest BCUT2D eigenvalue weighted by molar-refractivity contribution is -0.126. The third-order valence-corrected chi connectivity index (χ3v) is 4.63. The quantitative estimate of drug-likeness (QED) is 0.854. The van der Waals surface area contributed by atoms with Crippen molar-refractivity contribution in [3.8, 4) is 0 Å². The highest BCUT2D eigenvalue weighted by Gasteiger charge is 2.35. The summed E-state index contributed by atoms with van der Waals surface area (Å²) in [5.41, 5.74) is 0. The van der Waals surface area contributed by atoms with Crippen molar-refractivity contribution in [3.63, 3.8) is 0 Å². The zero-order valence-corrected chi connectivity index (χ0v) is 12.5. The van der Waals surface area contributed by atoms with Gasteiger partial charge in [0.05, 0.1) is 12.3 Å². The summed E-state index contributed by atoms with van der Waals surface area (Å²) in [7, 11) is 0. The Morgan fingerprint density at radius 3 is 3.00 bits per heavy atom. The Hall–Kier alpha value is -1.33. The fourth-order valence-corrected chi connectivity index (χ4v) is 3.53. The number of carbonyl (C=O) groups is 1. The number of hydrogen-bond donors (Lipinski definition) is 2. The maximum atomic E-state index is 12.4. The van der Waals surface area contributed by atoms with Crippen molar-refractivity contribution in [1.82, 2.24) is 15.5 Å². The molecule has 0 saturated carbocycles. The highest BCUT2D eigenvalue weighted by molar-refractivity contribution is 5.82. The van der Waals surface area contributed by atoms with Crippen molar-refractivity contribution in [3.05, 3.63) is 24.2 Å². The van der Waals surface area contributed by atoms with E-state index in [0.29, 0.717) is 12.6 Å². The van der Waals surface area contributed by atoms with Crippen LogP contribution in [0.3, 0.4) is 0 Å². The van der Waals surface area contributed by atoms with E-state index in [1.807, 2.05) is 12.1 Å². The second-order valence-electron chi connectivity index (χ2n) is 6.00. The average molecular weight is 291 g/mol. The summed E-state index contributed by atoms with van der Waals surface area (Å²) in [6.07, 6.45) is 6.90. The van der Waals surface area contributed by atoms with Crippen LogP contribution in [0.2, 0.25) is 0 Å². The molecule has 2 fully saturated rings. The van der Waals surface area contributed by atoms with Gasteiger partial charge in [0.2, 0.25) is 5.91 Å². The van der Waals surface area contributed by atoms with E-state index in [0.717, 1.165) is 57.5 Å². The number of furan rings is 1. The van der Waals surface area contributed by atoms with Crippen molar-refractivity contribution in [2.75, 3.05) is 26.2 Å². The maximum absolute atomic E-state index is 12.4. The van der Waals surface area contributed by atoms with Gasteiger partial charge in [-0.15, -0.1) is 0 Å². The minimum atomic E-state index is 0.0738. The summed E-state index contributed by atoms with van der Waals surface area (Å²) >= 11 is 0. The Morgan fingerprint density at radius 2 is 2.24 bits per heavy atom. The monoisotopic (exact) mass is 291 g/mol. The molecule has 0 radical (unpaired) electrons. The molecule has 0 spiro atoms. The summed E-state index contributed by atoms with van der Waals surface area (Å²) in [4.78, 5) is 14.9. The molecule has 2 aliphatic heterocycles. The summed E-state index contributed by atoms with van der Waals surface area (Å²) in [5.74, 6) is 1.12. The molecule has 0 aliphatic carbocycles. The number of carbonyl (C=O) groups excluding carboxylic acids is 1. The van der Waals surface area contributed by atoms with Crippen LogP contribution in [-0.4, -0.2) is 49.1 Å². The number of hydrogen-bond acceptors (Lipinski definition) is 4. The van der Waals surface area contributed by atoms with Crippen molar-refractivity contribution in [1.29, 1.82) is 0 Å². The first-order valence-electron chi connectivity index (χ1n) is 8.11. The molecule has 21 heavy (non-hydrogen) atoms. The minimum Gasteiger partial charge on any atom is -0.469 e. The molecule has 1 amide bonds. The third-order valence-electron chi connectivity index (χ3n) is 4.63. The fourth-order valence-electron chi connectivity index (χ4n) is 3.53. The molecule has 2 saturated heterocycles. The first-order valence-corrected chi connectivity index (χ1v) is 8.11. The number of likely N-dealkylation sites (tertiary alicyclic amines) is 1. The standard InChI is InChI=1S/C16H25N3O2/c20-16(18-10-7-14-3-2-12-21-14)15-4-1-11-19(15)13-5-8-17-9-6-13/h2-3,12-13,15,17H,1,4-11H2,(H,18,20). The second-order valence-corrected chi connectivity index (χ2v) is 6.00. The second kappa shape index (κ2) is 7.09. The SMILES string of the molecule is O=C(NCCc1ccco1)C1CCCN1C1CCNCC1. The number of nitrogens with one attached hydrogen (secondary N) is 2. The molecule has 116 valence electrons. The summed E-state index contributed by atoms with van der Waals surface area (Å²) in [6, 6.07) is 4.48. The molecule has 1 unspecified atom stereocenters. The van der Waals surface area contributed by atoms with Crippen molar-refractivity contribution < 1.29 is 9.21 Å². The molecule has 0 bridgehead atoms. The van der Waals surface area contributed by atoms with E-state index in [1.54, 1.807) is 6.26 Å². The van der Waals surface area contributed by atoms with E-state index in [-0.39, 0.29) is 11.9 Å². The van der Waals surface area contributed by atoms with Gasteiger partial charge in [0.25, 0.3) is 0 Å². The third kappa shape index (κ3) is 3.66. The normalized spacial score (nSPS) is 24.3. The van der Waals surface area contributed by atoms with Crippen LogP contribution in [0.25, 0.3) is 0 Å². The molecule has 5 nitrogen and oxygen atoms in total. The molecule has 1 aromatic heterocycles. The van der Waals surface area contributed by atoms with E-state index in [2.05, 4.69) is 15.5 Å².